The number of aryl methyl sites for hydroxylation is 2. The maximum atomic E-state index is 14.5. The quantitative estimate of drug-likeness (QED) is 0.177. The Labute approximate surface area is 275 Å². The Kier molecular flexibility index (Phi) is 11.3. The maximum absolute atomic E-state index is 14.5. The Bertz CT molecular complexity index is 1750. The molecule has 0 spiro atoms. The average molecular weight is 667 g/mol. The molecular weight excluding hydrogens is 629 g/mol. The van der Waals surface area contributed by atoms with Crippen molar-refractivity contribution in [2.45, 2.75) is 57.6 Å². The average Bonchev–Trinajstić information content (AvgIpc) is 2.98. The molecule has 7 nitrogen and oxygen atoms in total. The number of hydrogen-bond acceptors (Lipinski definition) is 4. The van der Waals surface area contributed by atoms with Crippen LogP contribution in [0.4, 0.5) is 5.69 Å². The van der Waals surface area contributed by atoms with Gasteiger partial charge in [0.05, 0.1) is 10.6 Å². The number of hydrogen-bond donors (Lipinski definition) is 1. The zero-order valence-electron chi connectivity index (χ0n) is 25.7. The van der Waals surface area contributed by atoms with Crippen LogP contribution >= 0.6 is 23.2 Å². The lowest BCUT2D eigenvalue weighted by molar-refractivity contribution is -0.140. The van der Waals surface area contributed by atoms with Gasteiger partial charge in [-0.2, -0.15) is 0 Å². The van der Waals surface area contributed by atoms with Crippen molar-refractivity contribution in [3.8, 4) is 0 Å². The standard InChI is InChI=1S/C35H37Cl2N3O4S/c1-24(2)38-35(42)33(21-27-9-6-5-7-10-27)39(22-28-11-8-12-29(36)20-28)34(41)23-40(32-18-15-30(37)19-26(32)4)45(43,44)31-16-13-25(3)14-17-31/h5-20,24,33H,21-23H2,1-4H3,(H,38,42)/t33-/m0/s1. The lowest BCUT2D eigenvalue weighted by Gasteiger charge is -2.34. The minimum Gasteiger partial charge on any atom is -0.352 e. The molecule has 0 aliphatic heterocycles. The third kappa shape index (κ3) is 8.87. The van der Waals surface area contributed by atoms with E-state index in [0.717, 1.165) is 15.4 Å². The van der Waals surface area contributed by atoms with Gasteiger partial charge >= 0.3 is 0 Å². The Morgan fingerprint density at radius 2 is 1.44 bits per heavy atom. The van der Waals surface area contributed by atoms with Gasteiger partial charge in [0.15, 0.2) is 0 Å². The van der Waals surface area contributed by atoms with Gasteiger partial charge in [-0.3, -0.25) is 13.9 Å². The second-order valence-electron chi connectivity index (χ2n) is 11.3. The van der Waals surface area contributed by atoms with E-state index in [4.69, 9.17) is 23.2 Å². The molecule has 0 aromatic heterocycles. The van der Waals surface area contributed by atoms with Crippen LogP contribution in [0.5, 0.6) is 0 Å². The fourth-order valence-corrected chi connectivity index (χ4v) is 6.93. The molecule has 236 valence electrons. The van der Waals surface area contributed by atoms with Crippen LogP contribution in [0.2, 0.25) is 10.0 Å². The molecule has 0 fully saturated rings. The van der Waals surface area contributed by atoms with Crippen LogP contribution in [-0.4, -0.2) is 43.8 Å². The summed E-state index contributed by atoms with van der Waals surface area (Å²) in [5.41, 5.74) is 3.32. The number of benzene rings is 4. The lowest BCUT2D eigenvalue weighted by Crippen LogP contribution is -2.54. The highest BCUT2D eigenvalue weighted by molar-refractivity contribution is 7.92. The third-order valence-electron chi connectivity index (χ3n) is 7.26. The van der Waals surface area contributed by atoms with Gasteiger partial charge in [0, 0.05) is 29.1 Å². The summed E-state index contributed by atoms with van der Waals surface area (Å²) >= 11 is 12.5. The lowest BCUT2D eigenvalue weighted by atomic mass is 10.0. The summed E-state index contributed by atoms with van der Waals surface area (Å²) in [7, 11) is -4.22. The van der Waals surface area contributed by atoms with Gasteiger partial charge in [-0.05, 0) is 86.8 Å². The molecule has 4 aromatic rings. The highest BCUT2D eigenvalue weighted by atomic mass is 35.5. The normalized spacial score (nSPS) is 12.1. The Morgan fingerprint density at radius 1 is 0.800 bits per heavy atom. The minimum absolute atomic E-state index is 0.0282. The Balaban J connectivity index is 1.83. The summed E-state index contributed by atoms with van der Waals surface area (Å²) in [6, 6.07) is 26.6. The summed E-state index contributed by atoms with van der Waals surface area (Å²) in [6.07, 6.45) is 0.219. The van der Waals surface area contributed by atoms with Gasteiger partial charge in [0.1, 0.15) is 12.6 Å². The fourth-order valence-electron chi connectivity index (χ4n) is 5.02. The molecule has 0 heterocycles. The first kappa shape index (κ1) is 34.0. The number of sulfonamides is 1. The van der Waals surface area contributed by atoms with E-state index in [1.165, 1.54) is 17.0 Å². The predicted molar refractivity (Wildman–Crippen MR) is 181 cm³/mol. The molecule has 1 N–H and O–H groups in total. The zero-order valence-corrected chi connectivity index (χ0v) is 28.0. The summed E-state index contributed by atoms with van der Waals surface area (Å²) in [5, 5.41) is 3.87. The van der Waals surface area contributed by atoms with E-state index in [0.29, 0.717) is 26.9 Å². The van der Waals surface area contributed by atoms with E-state index in [1.54, 1.807) is 55.5 Å². The predicted octanol–water partition coefficient (Wildman–Crippen LogP) is 6.97. The summed E-state index contributed by atoms with van der Waals surface area (Å²) < 4.78 is 29.5. The summed E-state index contributed by atoms with van der Waals surface area (Å²) in [4.78, 5) is 29.8. The van der Waals surface area contributed by atoms with Gasteiger partial charge < -0.3 is 10.2 Å². The molecule has 10 heteroatoms. The van der Waals surface area contributed by atoms with Crippen LogP contribution < -0.4 is 9.62 Å². The fraction of sp³-hybridized carbons (Fsp3) is 0.257. The van der Waals surface area contributed by atoms with Crippen LogP contribution in [0.25, 0.3) is 0 Å². The topological polar surface area (TPSA) is 86.8 Å². The second-order valence-corrected chi connectivity index (χ2v) is 14.0. The summed E-state index contributed by atoms with van der Waals surface area (Å²) in [5.74, 6) is -0.903. The SMILES string of the molecule is Cc1ccc(S(=O)(=O)N(CC(=O)N(Cc2cccc(Cl)c2)[C@@H](Cc2ccccc2)C(=O)NC(C)C)c2ccc(Cl)cc2C)cc1. The van der Waals surface area contributed by atoms with Gasteiger partial charge in [0.25, 0.3) is 10.0 Å². The van der Waals surface area contributed by atoms with Crippen LogP contribution in [0.3, 0.4) is 0 Å². The number of carbonyl (C=O) groups is 2. The van der Waals surface area contributed by atoms with E-state index >= 15 is 0 Å². The molecule has 2 amide bonds. The minimum atomic E-state index is -4.22. The van der Waals surface area contributed by atoms with Crippen LogP contribution in [-0.2, 0) is 32.6 Å². The first-order valence-electron chi connectivity index (χ1n) is 14.6. The van der Waals surface area contributed by atoms with E-state index in [2.05, 4.69) is 5.32 Å². The van der Waals surface area contributed by atoms with Gasteiger partial charge in [-0.25, -0.2) is 8.42 Å². The van der Waals surface area contributed by atoms with Crippen molar-refractivity contribution in [3.63, 3.8) is 0 Å². The van der Waals surface area contributed by atoms with Gasteiger partial charge in [-0.1, -0.05) is 83.4 Å². The third-order valence-corrected chi connectivity index (χ3v) is 9.50. The maximum Gasteiger partial charge on any atom is 0.264 e. The molecule has 4 aromatic carbocycles. The number of carbonyl (C=O) groups excluding carboxylic acids is 2. The Hall–Kier alpha value is -3.85. The highest BCUT2D eigenvalue weighted by Gasteiger charge is 2.35. The number of amides is 2. The van der Waals surface area contributed by atoms with Crippen LogP contribution in [0, 0.1) is 13.8 Å². The molecule has 1 atom stereocenters. The molecule has 0 unspecified atom stereocenters. The van der Waals surface area contributed by atoms with Crippen molar-refractivity contribution in [1.82, 2.24) is 10.2 Å². The van der Waals surface area contributed by atoms with Crippen molar-refractivity contribution in [2.24, 2.45) is 0 Å². The highest BCUT2D eigenvalue weighted by Crippen LogP contribution is 2.30. The van der Waals surface area contributed by atoms with E-state index in [-0.39, 0.29) is 29.8 Å². The van der Waals surface area contributed by atoms with E-state index in [1.807, 2.05) is 57.2 Å². The van der Waals surface area contributed by atoms with Crippen LogP contribution in [0.15, 0.2) is 102 Å². The molecule has 0 aliphatic rings. The molecule has 0 aliphatic carbocycles. The summed E-state index contributed by atoms with van der Waals surface area (Å²) in [6.45, 7) is 6.77. The van der Waals surface area contributed by atoms with Crippen molar-refractivity contribution in [1.29, 1.82) is 0 Å². The smallest absolute Gasteiger partial charge is 0.264 e. The molecule has 45 heavy (non-hydrogen) atoms. The van der Waals surface area contributed by atoms with E-state index < -0.39 is 28.5 Å². The first-order chi connectivity index (χ1) is 21.3. The zero-order chi connectivity index (χ0) is 32.7. The van der Waals surface area contributed by atoms with Crippen molar-refractivity contribution in [2.75, 3.05) is 10.8 Å². The second kappa shape index (κ2) is 15.0. The Morgan fingerprint density at radius 3 is 2.07 bits per heavy atom. The number of rotatable bonds is 12. The van der Waals surface area contributed by atoms with E-state index in [9.17, 15) is 18.0 Å². The monoisotopic (exact) mass is 665 g/mol. The number of nitrogens with zero attached hydrogens (tertiary/aromatic N) is 2. The van der Waals surface area contributed by atoms with Crippen molar-refractivity contribution < 1.29 is 18.0 Å². The number of nitrogens with one attached hydrogen (secondary N) is 1. The van der Waals surface area contributed by atoms with Crippen molar-refractivity contribution >= 4 is 50.7 Å². The molecular formula is C35H37Cl2N3O4S. The number of anilines is 1. The molecule has 0 saturated carbocycles. The molecule has 0 bridgehead atoms. The first-order valence-corrected chi connectivity index (χ1v) is 16.8. The number of halogens is 2. The van der Waals surface area contributed by atoms with Crippen molar-refractivity contribution in [3.05, 3.63) is 129 Å². The van der Waals surface area contributed by atoms with Crippen LogP contribution in [0.1, 0.15) is 36.1 Å². The van der Waals surface area contributed by atoms with Gasteiger partial charge in [0.2, 0.25) is 11.8 Å². The molecule has 0 saturated heterocycles. The largest absolute Gasteiger partial charge is 0.352 e. The van der Waals surface area contributed by atoms with Gasteiger partial charge in [-0.15, -0.1) is 0 Å². The molecule has 0 radical (unpaired) electrons. The molecule has 4 rings (SSSR count).